The molecule has 172 valence electrons. The van der Waals surface area contributed by atoms with Gasteiger partial charge in [0.05, 0.1) is 25.2 Å². The average Bonchev–Trinajstić information content (AvgIpc) is 2.62. The fraction of sp³-hybridized carbons (Fsp3) is 0.833. The van der Waals surface area contributed by atoms with Crippen molar-refractivity contribution in [3.8, 4) is 0 Å². The van der Waals surface area contributed by atoms with E-state index in [9.17, 15) is 19.8 Å². The standard InChI is InChI=1S/2C6H12O7.Mg.2H2O/c2*7-1-2(8)3(9)4(10)5(11)6(12)13;;;/h2*2-5,7-11H,1H2,(H,12,13);;2*1H2/q;;+2;;/p-2. The van der Waals surface area contributed by atoms with Gasteiger partial charge in [0.25, 0.3) is 0 Å². The van der Waals surface area contributed by atoms with Crippen LogP contribution in [0, 0.1) is 0 Å². The third-order valence-electron chi connectivity index (χ3n) is 2.99. The van der Waals surface area contributed by atoms with Gasteiger partial charge in [0.15, 0.2) is 0 Å². The molecule has 0 saturated carbocycles. The van der Waals surface area contributed by atoms with E-state index < -0.39 is 74.0 Å². The van der Waals surface area contributed by atoms with Crippen molar-refractivity contribution in [1.29, 1.82) is 0 Å². The second-order valence-electron chi connectivity index (χ2n) is 4.99. The summed E-state index contributed by atoms with van der Waals surface area (Å²) in [6.07, 6.45) is -16.2. The minimum Gasteiger partial charge on any atom is -0.547 e. The molecular formula is C12H26MgO16. The first-order valence-corrected chi connectivity index (χ1v) is 6.91. The molecule has 0 spiro atoms. The maximum absolute atomic E-state index is 9.98. The zero-order chi connectivity index (χ0) is 21.2. The van der Waals surface area contributed by atoms with E-state index in [0.29, 0.717) is 0 Å². The molecule has 0 aliphatic heterocycles. The summed E-state index contributed by atoms with van der Waals surface area (Å²) >= 11 is 0. The van der Waals surface area contributed by atoms with E-state index in [-0.39, 0.29) is 34.0 Å². The van der Waals surface area contributed by atoms with Crippen LogP contribution in [0.25, 0.3) is 0 Å². The Kier molecular flexibility index (Phi) is 25.7. The molecule has 0 fully saturated rings. The molecule has 16 nitrogen and oxygen atoms in total. The van der Waals surface area contributed by atoms with Crippen LogP contribution in [0.15, 0.2) is 0 Å². The first kappa shape index (κ1) is 38.8. The smallest absolute Gasteiger partial charge is 0.547 e. The van der Waals surface area contributed by atoms with Crippen LogP contribution in [0.4, 0.5) is 0 Å². The molecule has 0 bridgehead atoms. The third-order valence-corrected chi connectivity index (χ3v) is 2.99. The maximum Gasteiger partial charge on any atom is 2.00 e. The van der Waals surface area contributed by atoms with Crippen LogP contribution in [0.1, 0.15) is 0 Å². The van der Waals surface area contributed by atoms with Gasteiger partial charge in [0, 0.05) is 0 Å². The number of aliphatic hydroxyl groups is 10. The van der Waals surface area contributed by atoms with Crippen molar-refractivity contribution in [2.75, 3.05) is 13.2 Å². The van der Waals surface area contributed by atoms with Crippen molar-refractivity contribution in [2.24, 2.45) is 0 Å². The monoisotopic (exact) mass is 450 g/mol. The third kappa shape index (κ3) is 14.0. The predicted molar refractivity (Wildman–Crippen MR) is 85.2 cm³/mol. The molecule has 29 heavy (non-hydrogen) atoms. The molecule has 0 saturated heterocycles. The van der Waals surface area contributed by atoms with Crippen LogP contribution in [0.2, 0.25) is 0 Å². The van der Waals surface area contributed by atoms with Crippen molar-refractivity contribution < 1.29 is 81.8 Å². The van der Waals surface area contributed by atoms with E-state index in [1.807, 2.05) is 0 Å². The van der Waals surface area contributed by atoms with Crippen molar-refractivity contribution in [2.45, 2.75) is 48.8 Å². The number of carbonyl (C=O) groups is 2. The molecule has 0 aromatic heterocycles. The Morgan fingerprint density at radius 1 is 0.586 bits per heavy atom. The fourth-order valence-electron chi connectivity index (χ4n) is 1.32. The Hall–Kier alpha value is -0.774. The number of hydrogen-bond donors (Lipinski definition) is 10. The summed E-state index contributed by atoms with van der Waals surface area (Å²) in [4.78, 5) is 20.0. The van der Waals surface area contributed by atoms with Gasteiger partial charge < -0.3 is 81.8 Å². The summed E-state index contributed by atoms with van der Waals surface area (Å²) in [5, 5.41) is 107. The number of carbonyl (C=O) groups excluding carboxylic acids is 2. The Labute approximate surface area is 179 Å². The van der Waals surface area contributed by atoms with Gasteiger partial charge in [0.1, 0.15) is 48.8 Å². The second-order valence-corrected chi connectivity index (χ2v) is 4.99. The molecule has 0 aromatic carbocycles. The quantitative estimate of drug-likeness (QED) is 0.138. The average molecular weight is 451 g/mol. The zero-order valence-corrected chi connectivity index (χ0v) is 16.3. The van der Waals surface area contributed by atoms with Gasteiger partial charge in [-0.25, -0.2) is 0 Å². The fourth-order valence-corrected chi connectivity index (χ4v) is 1.32. The first-order valence-electron chi connectivity index (χ1n) is 6.91. The molecule has 0 amide bonds. The topological polar surface area (TPSA) is 346 Å². The summed E-state index contributed by atoms with van der Waals surface area (Å²) in [6, 6.07) is 0. The number of hydrogen-bond acceptors (Lipinski definition) is 14. The maximum atomic E-state index is 9.98. The van der Waals surface area contributed by atoms with E-state index in [1.54, 1.807) is 0 Å². The van der Waals surface area contributed by atoms with Gasteiger partial charge >= 0.3 is 23.1 Å². The van der Waals surface area contributed by atoms with Crippen LogP contribution in [-0.2, 0) is 9.59 Å². The normalized spacial score (nSPS) is 18.3. The minimum absolute atomic E-state index is 0. The van der Waals surface area contributed by atoms with Gasteiger partial charge in [-0.05, 0) is 0 Å². The van der Waals surface area contributed by atoms with Gasteiger partial charge in [0.2, 0.25) is 0 Å². The van der Waals surface area contributed by atoms with Crippen LogP contribution < -0.4 is 10.2 Å². The SMILES string of the molecule is O.O.O=C([O-])C(O)C(O)C(O)C(O)CO.O=C([O-])C(O)C(O)C(O)C(O)CO.[Mg+2]. The van der Waals surface area contributed by atoms with Gasteiger partial charge in [-0.15, -0.1) is 0 Å². The minimum atomic E-state index is -2.31. The molecular weight excluding hydrogens is 424 g/mol. The van der Waals surface area contributed by atoms with Crippen LogP contribution >= 0.6 is 0 Å². The van der Waals surface area contributed by atoms with Gasteiger partial charge in [-0.1, -0.05) is 0 Å². The summed E-state index contributed by atoms with van der Waals surface area (Å²) in [5.41, 5.74) is 0. The van der Waals surface area contributed by atoms with Crippen molar-refractivity contribution >= 4 is 35.0 Å². The van der Waals surface area contributed by atoms with E-state index in [4.69, 9.17) is 51.1 Å². The Balaban J connectivity index is -0.000000120. The number of aliphatic carboxylic acids is 2. The van der Waals surface area contributed by atoms with E-state index in [1.165, 1.54) is 0 Å². The molecule has 0 aliphatic rings. The molecule has 14 N–H and O–H groups in total. The second kappa shape index (κ2) is 19.2. The number of carboxylic acid groups (broad SMARTS) is 2. The van der Waals surface area contributed by atoms with Gasteiger partial charge in [-0.3, -0.25) is 0 Å². The van der Waals surface area contributed by atoms with Crippen LogP contribution in [-0.4, -0.2) is 159 Å². The van der Waals surface area contributed by atoms with Crippen molar-refractivity contribution in [3.05, 3.63) is 0 Å². The molecule has 0 aromatic rings. The zero-order valence-electron chi connectivity index (χ0n) is 14.8. The number of carboxylic acids is 2. The summed E-state index contributed by atoms with van der Waals surface area (Å²) in [7, 11) is 0. The van der Waals surface area contributed by atoms with Crippen LogP contribution in [0.3, 0.4) is 0 Å². The number of rotatable bonds is 10. The van der Waals surface area contributed by atoms with Crippen molar-refractivity contribution in [1.82, 2.24) is 0 Å². The van der Waals surface area contributed by atoms with Gasteiger partial charge in [-0.2, -0.15) is 0 Å². The summed E-state index contributed by atoms with van der Waals surface area (Å²) < 4.78 is 0. The largest absolute Gasteiger partial charge is 2.00 e. The van der Waals surface area contributed by atoms with E-state index in [0.717, 1.165) is 0 Å². The molecule has 17 heteroatoms. The predicted octanol–water partition coefficient (Wildman–Crippen LogP) is -11.7. The summed E-state index contributed by atoms with van der Waals surface area (Å²) in [6.45, 7) is -1.73. The molecule has 0 heterocycles. The molecule has 0 rings (SSSR count). The van der Waals surface area contributed by atoms with E-state index >= 15 is 0 Å². The molecule has 0 radical (unpaired) electrons. The number of aliphatic hydroxyl groups excluding tert-OH is 10. The molecule has 8 atom stereocenters. The van der Waals surface area contributed by atoms with Crippen molar-refractivity contribution in [3.63, 3.8) is 0 Å². The van der Waals surface area contributed by atoms with Crippen LogP contribution in [0.5, 0.6) is 0 Å². The first-order chi connectivity index (χ1) is 11.8. The summed E-state index contributed by atoms with van der Waals surface area (Å²) in [5.74, 6) is -3.95. The van der Waals surface area contributed by atoms with E-state index in [2.05, 4.69) is 0 Å². The molecule has 0 aliphatic carbocycles. The molecule has 8 unspecified atom stereocenters. The Morgan fingerprint density at radius 2 is 0.793 bits per heavy atom. The Morgan fingerprint density at radius 3 is 0.931 bits per heavy atom. The Bertz CT molecular complexity index is 387.